The Morgan fingerprint density at radius 3 is 2.50 bits per heavy atom. The molecule has 0 atom stereocenters. The molecule has 1 aromatic carbocycles. The van der Waals surface area contributed by atoms with Crippen molar-refractivity contribution in [1.82, 2.24) is 0 Å². The number of nitrogens with two attached hydrogens (primary N) is 1. The molecule has 16 heavy (non-hydrogen) atoms. The van der Waals surface area contributed by atoms with Gasteiger partial charge in [-0.05, 0) is 23.6 Å². The molecule has 0 fully saturated rings. The van der Waals surface area contributed by atoms with Crippen LogP contribution in [0, 0.1) is 6.92 Å². The molecule has 5 heteroatoms. The van der Waals surface area contributed by atoms with Crippen LogP contribution in [0.2, 0.25) is 0 Å². The van der Waals surface area contributed by atoms with Gasteiger partial charge in [0.15, 0.2) is 0 Å². The van der Waals surface area contributed by atoms with Crippen molar-refractivity contribution in [3.63, 3.8) is 0 Å². The number of hydrogen-bond acceptors (Lipinski definition) is 2. The summed E-state index contributed by atoms with van der Waals surface area (Å²) in [5.74, 6) is 0. The van der Waals surface area contributed by atoms with E-state index in [0.717, 1.165) is 16.7 Å². The largest absolute Gasteiger partial charge is 0.411 e. The van der Waals surface area contributed by atoms with Gasteiger partial charge in [0.1, 0.15) is 6.61 Å². The molecular formula is C11H14F3NO. The maximum absolute atomic E-state index is 11.8. The van der Waals surface area contributed by atoms with Gasteiger partial charge in [-0.1, -0.05) is 18.2 Å². The molecule has 0 spiro atoms. The molecule has 0 aliphatic carbocycles. The third kappa shape index (κ3) is 4.20. The maximum atomic E-state index is 11.8. The zero-order valence-corrected chi connectivity index (χ0v) is 8.97. The highest BCUT2D eigenvalue weighted by atomic mass is 19.4. The summed E-state index contributed by atoms with van der Waals surface area (Å²) in [5.41, 5.74) is 8.05. The normalized spacial score (nSPS) is 11.8. The van der Waals surface area contributed by atoms with Crippen molar-refractivity contribution in [1.29, 1.82) is 0 Å². The molecule has 0 saturated carbocycles. The van der Waals surface area contributed by atoms with Gasteiger partial charge >= 0.3 is 6.18 Å². The minimum absolute atomic E-state index is 0.0316. The van der Waals surface area contributed by atoms with Crippen molar-refractivity contribution in [2.24, 2.45) is 5.73 Å². The summed E-state index contributed by atoms with van der Waals surface area (Å²) < 4.78 is 40.1. The molecule has 0 aliphatic rings. The first-order chi connectivity index (χ1) is 7.42. The van der Waals surface area contributed by atoms with Crippen LogP contribution in [0.4, 0.5) is 13.2 Å². The Labute approximate surface area is 92.2 Å². The van der Waals surface area contributed by atoms with Crippen LogP contribution in [0.25, 0.3) is 0 Å². The van der Waals surface area contributed by atoms with Gasteiger partial charge in [-0.2, -0.15) is 13.2 Å². The van der Waals surface area contributed by atoms with E-state index in [1.165, 1.54) is 0 Å². The van der Waals surface area contributed by atoms with E-state index in [1.807, 2.05) is 13.0 Å². The van der Waals surface area contributed by atoms with Crippen LogP contribution in [0.1, 0.15) is 16.7 Å². The van der Waals surface area contributed by atoms with Gasteiger partial charge in [0, 0.05) is 6.54 Å². The number of halogens is 3. The number of alkyl halides is 3. The molecule has 2 nitrogen and oxygen atoms in total. The second-order valence-corrected chi connectivity index (χ2v) is 3.57. The molecule has 0 aliphatic heterocycles. The van der Waals surface area contributed by atoms with E-state index < -0.39 is 12.8 Å². The van der Waals surface area contributed by atoms with Gasteiger partial charge in [0.2, 0.25) is 0 Å². The van der Waals surface area contributed by atoms with Crippen LogP contribution >= 0.6 is 0 Å². The Hall–Kier alpha value is -1.07. The molecule has 0 aromatic heterocycles. The summed E-state index contributed by atoms with van der Waals surface area (Å²) in [5, 5.41) is 0. The Bertz CT molecular complexity index is 350. The van der Waals surface area contributed by atoms with Crippen LogP contribution in [0.3, 0.4) is 0 Å². The third-order valence-electron chi connectivity index (χ3n) is 2.17. The number of ether oxygens (including phenoxy) is 1. The highest BCUT2D eigenvalue weighted by molar-refractivity contribution is 5.30. The predicted octanol–water partition coefficient (Wildman–Crippen LogP) is 2.53. The third-order valence-corrected chi connectivity index (χ3v) is 2.17. The summed E-state index contributed by atoms with van der Waals surface area (Å²) >= 11 is 0. The lowest BCUT2D eigenvalue weighted by Gasteiger charge is -2.10. The number of benzene rings is 1. The van der Waals surface area contributed by atoms with Gasteiger partial charge in [-0.15, -0.1) is 0 Å². The van der Waals surface area contributed by atoms with Crippen LogP contribution < -0.4 is 5.73 Å². The van der Waals surface area contributed by atoms with Gasteiger partial charge in [0.25, 0.3) is 0 Å². The van der Waals surface area contributed by atoms with Crippen LogP contribution in [0.15, 0.2) is 18.2 Å². The zero-order valence-electron chi connectivity index (χ0n) is 8.97. The Kier molecular flexibility index (Phi) is 4.32. The van der Waals surface area contributed by atoms with Crippen molar-refractivity contribution in [3.8, 4) is 0 Å². The molecule has 1 rings (SSSR count). The minimum Gasteiger partial charge on any atom is -0.367 e. The number of hydrogen-bond donors (Lipinski definition) is 1. The van der Waals surface area contributed by atoms with E-state index in [-0.39, 0.29) is 6.61 Å². The van der Waals surface area contributed by atoms with Crippen molar-refractivity contribution < 1.29 is 17.9 Å². The standard InChI is InChI=1S/C11H14F3NO/c1-8-4-9(5-15)2-3-10(8)6-16-7-11(12,13)14/h2-4H,5-7,15H2,1H3. The topological polar surface area (TPSA) is 35.2 Å². The summed E-state index contributed by atoms with van der Waals surface area (Å²) in [6.07, 6.45) is -4.27. The fourth-order valence-electron chi connectivity index (χ4n) is 1.32. The van der Waals surface area contributed by atoms with E-state index in [1.54, 1.807) is 12.1 Å². The van der Waals surface area contributed by atoms with Crippen molar-refractivity contribution in [2.75, 3.05) is 6.61 Å². The van der Waals surface area contributed by atoms with E-state index in [4.69, 9.17) is 5.73 Å². The maximum Gasteiger partial charge on any atom is 0.411 e. The van der Waals surface area contributed by atoms with Gasteiger partial charge in [0.05, 0.1) is 6.61 Å². The van der Waals surface area contributed by atoms with Crippen molar-refractivity contribution in [3.05, 3.63) is 34.9 Å². The summed E-state index contributed by atoms with van der Waals surface area (Å²) in [6, 6.07) is 5.39. The molecule has 2 N–H and O–H groups in total. The fraction of sp³-hybridized carbons (Fsp3) is 0.455. The van der Waals surface area contributed by atoms with Crippen LogP contribution in [-0.2, 0) is 17.9 Å². The first kappa shape index (κ1) is 13.0. The second kappa shape index (κ2) is 5.32. The van der Waals surface area contributed by atoms with E-state index in [0.29, 0.717) is 6.54 Å². The molecule has 90 valence electrons. The molecule has 0 saturated heterocycles. The second-order valence-electron chi connectivity index (χ2n) is 3.57. The lowest BCUT2D eigenvalue weighted by Crippen LogP contribution is -2.16. The predicted molar refractivity (Wildman–Crippen MR) is 54.8 cm³/mol. The molecular weight excluding hydrogens is 219 g/mol. The lowest BCUT2D eigenvalue weighted by atomic mass is 10.1. The van der Waals surface area contributed by atoms with Gasteiger partial charge in [-0.25, -0.2) is 0 Å². The Morgan fingerprint density at radius 2 is 2.00 bits per heavy atom. The van der Waals surface area contributed by atoms with Gasteiger partial charge in [-0.3, -0.25) is 0 Å². The molecule has 0 radical (unpaired) electrons. The smallest absolute Gasteiger partial charge is 0.367 e. The molecule has 0 amide bonds. The quantitative estimate of drug-likeness (QED) is 0.867. The summed E-state index contributed by atoms with van der Waals surface area (Å²) in [4.78, 5) is 0. The summed E-state index contributed by atoms with van der Waals surface area (Å²) in [6.45, 7) is 0.997. The van der Waals surface area contributed by atoms with Crippen molar-refractivity contribution in [2.45, 2.75) is 26.3 Å². The highest BCUT2D eigenvalue weighted by Gasteiger charge is 2.27. The SMILES string of the molecule is Cc1cc(CN)ccc1COCC(F)(F)F. The highest BCUT2D eigenvalue weighted by Crippen LogP contribution is 2.17. The van der Waals surface area contributed by atoms with E-state index in [2.05, 4.69) is 4.74 Å². The fourth-order valence-corrected chi connectivity index (χ4v) is 1.32. The number of aryl methyl sites for hydroxylation is 1. The monoisotopic (exact) mass is 233 g/mol. The average molecular weight is 233 g/mol. The molecule has 0 heterocycles. The minimum atomic E-state index is -4.27. The Morgan fingerprint density at radius 1 is 1.31 bits per heavy atom. The first-order valence-corrected chi connectivity index (χ1v) is 4.85. The lowest BCUT2D eigenvalue weighted by molar-refractivity contribution is -0.176. The first-order valence-electron chi connectivity index (χ1n) is 4.85. The molecule has 0 unspecified atom stereocenters. The Balaban J connectivity index is 2.55. The summed E-state index contributed by atoms with van der Waals surface area (Å²) in [7, 11) is 0. The van der Waals surface area contributed by atoms with Crippen LogP contribution in [0.5, 0.6) is 0 Å². The van der Waals surface area contributed by atoms with E-state index >= 15 is 0 Å². The van der Waals surface area contributed by atoms with Crippen molar-refractivity contribution >= 4 is 0 Å². The van der Waals surface area contributed by atoms with E-state index in [9.17, 15) is 13.2 Å². The van der Waals surface area contributed by atoms with Crippen LogP contribution in [-0.4, -0.2) is 12.8 Å². The molecule has 1 aromatic rings. The average Bonchev–Trinajstić information content (AvgIpc) is 2.18. The zero-order chi connectivity index (χ0) is 12.2. The number of rotatable bonds is 4. The molecule has 0 bridgehead atoms. The van der Waals surface area contributed by atoms with Gasteiger partial charge < -0.3 is 10.5 Å².